The van der Waals surface area contributed by atoms with Gasteiger partial charge in [0.25, 0.3) is 0 Å². The van der Waals surface area contributed by atoms with E-state index in [9.17, 15) is 8.42 Å². The van der Waals surface area contributed by atoms with Gasteiger partial charge < -0.3 is 5.73 Å². The minimum absolute atomic E-state index is 0.0677. The Morgan fingerprint density at radius 1 is 1.40 bits per heavy atom. The molecule has 9 heteroatoms. The van der Waals surface area contributed by atoms with Gasteiger partial charge in [0.2, 0.25) is 10.0 Å². The van der Waals surface area contributed by atoms with Gasteiger partial charge in [0, 0.05) is 24.0 Å². The molecule has 0 amide bonds. The van der Waals surface area contributed by atoms with Crippen LogP contribution in [0.4, 0.5) is 0 Å². The van der Waals surface area contributed by atoms with Crippen LogP contribution in [0.1, 0.15) is 13.3 Å². The average Bonchev–Trinajstić information content (AvgIpc) is 2.26. The fraction of sp³-hybridized carbons (Fsp3) is 0.364. The van der Waals surface area contributed by atoms with Crippen LogP contribution in [0.5, 0.6) is 0 Å². The van der Waals surface area contributed by atoms with Crippen LogP contribution in [-0.4, -0.2) is 30.8 Å². The molecule has 0 bridgehead atoms. The first-order chi connectivity index (χ1) is 9.20. The van der Waals surface area contributed by atoms with Gasteiger partial charge in [-0.05, 0) is 12.1 Å². The van der Waals surface area contributed by atoms with Gasteiger partial charge in [-0.1, -0.05) is 58.3 Å². The molecule has 112 valence electrons. The van der Waals surface area contributed by atoms with E-state index in [1.807, 2.05) is 0 Å². The number of hydrogen-bond donors (Lipinski definition) is 1. The highest BCUT2D eigenvalue weighted by Gasteiger charge is 2.28. The molecule has 0 saturated heterocycles. The summed E-state index contributed by atoms with van der Waals surface area (Å²) in [5, 5.41) is 0.135. The molecule has 0 aliphatic heterocycles. The van der Waals surface area contributed by atoms with E-state index in [2.05, 4.69) is 15.9 Å². The van der Waals surface area contributed by atoms with Gasteiger partial charge in [-0.25, -0.2) is 8.42 Å². The third-order valence-electron chi connectivity index (χ3n) is 2.52. The Hall–Kier alpha value is 0.0800. The van der Waals surface area contributed by atoms with Gasteiger partial charge in [0.15, 0.2) is 0 Å². The normalized spacial score (nSPS) is 11.8. The van der Waals surface area contributed by atoms with Crippen molar-refractivity contribution < 1.29 is 8.42 Å². The molecule has 0 fully saturated rings. The second-order valence-corrected chi connectivity index (χ2v) is 8.04. The number of halogens is 3. The second-order valence-electron chi connectivity index (χ2n) is 3.91. The van der Waals surface area contributed by atoms with E-state index in [1.54, 1.807) is 6.92 Å². The summed E-state index contributed by atoms with van der Waals surface area (Å²) < 4.78 is 27.0. The fourth-order valence-corrected chi connectivity index (χ4v) is 5.01. The van der Waals surface area contributed by atoms with Crippen LogP contribution < -0.4 is 5.73 Å². The lowest BCUT2D eigenvalue weighted by molar-refractivity contribution is 0.437. The number of benzene rings is 1. The lowest BCUT2D eigenvalue weighted by Crippen LogP contribution is -2.34. The van der Waals surface area contributed by atoms with Crippen LogP contribution in [0.15, 0.2) is 21.5 Å². The summed E-state index contributed by atoms with van der Waals surface area (Å²) >= 11 is 20.0. The minimum Gasteiger partial charge on any atom is -0.393 e. The molecule has 0 aromatic heterocycles. The molecule has 0 radical (unpaired) electrons. The maximum absolute atomic E-state index is 12.6. The molecule has 1 aromatic rings. The summed E-state index contributed by atoms with van der Waals surface area (Å²) in [6.07, 6.45) is 0.300. The van der Waals surface area contributed by atoms with Crippen LogP contribution in [0.3, 0.4) is 0 Å². The predicted molar refractivity (Wildman–Crippen MR) is 90.0 cm³/mol. The summed E-state index contributed by atoms with van der Waals surface area (Å²) in [5.74, 6) is 0. The molecule has 0 aliphatic carbocycles. The first kappa shape index (κ1) is 18.1. The van der Waals surface area contributed by atoms with Crippen molar-refractivity contribution in [1.82, 2.24) is 4.31 Å². The fourth-order valence-electron chi connectivity index (χ4n) is 1.59. The van der Waals surface area contributed by atoms with E-state index in [0.29, 0.717) is 10.9 Å². The number of thiocarbonyl (C=S) groups is 1. The lowest BCUT2D eigenvalue weighted by Gasteiger charge is -2.21. The minimum atomic E-state index is -3.79. The molecular formula is C11H13BrCl2N2O2S2. The molecular weight excluding hydrogens is 407 g/mol. The van der Waals surface area contributed by atoms with Crippen molar-refractivity contribution in [2.24, 2.45) is 5.73 Å². The smallest absolute Gasteiger partial charge is 0.246 e. The molecule has 0 spiro atoms. The standard InChI is InChI=1S/C11H13BrCl2N2O2S2/c1-2-16(4-3-10(15)19)20(17,18)11-8(13)5-7(12)6-9(11)14/h5-6H,2-4H2,1H3,(H2,15,19). The zero-order valence-electron chi connectivity index (χ0n) is 10.6. The van der Waals surface area contributed by atoms with Crippen molar-refractivity contribution in [2.75, 3.05) is 13.1 Å². The average molecular weight is 420 g/mol. The van der Waals surface area contributed by atoms with Crippen LogP contribution in [0.2, 0.25) is 10.0 Å². The quantitative estimate of drug-likeness (QED) is 0.717. The SMILES string of the molecule is CCN(CCC(N)=S)S(=O)(=O)c1c(Cl)cc(Br)cc1Cl. The molecule has 0 atom stereocenters. The van der Waals surface area contributed by atoms with Crippen molar-refractivity contribution >= 4 is 66.4 Å². The summed E-state index contributed by atoms with van der Waals surface area (Å²) in [4.78, 5) is 0.153. The van der Waals surface area contributed by atoms with Gasteiger partial charge in [-0.3, -0.25) is 0 Å². The number of sulfonamides is 1. The number of nitrogens with zero attached hydrogens (tertiary/aromatic N) is 1. The number of rotatable bonds is 6. The van der Waals surface area contributed by atoms with E-state index < -0.39 is 10.0 Å². The Balaban J connectivity index is 3.24. The third-order valence-corrected chi connectivity index (χ3v) is 6.08. The van der Waals surface area contributed by atoms with E-state index in [4.69, 9.17) is 41.2 Å². The molecule has 0 unspecified atom stereocenters. The van der Waals surface area contributed by atoms with E-state index in [0.717, 1.165) is 0 Å². The van der Waals surface area contributed by atoms with Crippen molar-refractivity contribution in [1.29, 1.82) is 0 Å². The van der Waals surface area contributed by atoms with Crippen molar-refractivity contribution in [2.45, 2.75) is 18.2 Å². The zero-order chi connectivity index (χ0) is 15.5. The van der Waals surface area contributed by atoms with Crippen LogP contribution in [-0.2, 0) is 10.0 Å². The molecule has 0 heterocycles. The molecule has 2 N–H and O–H groups in total. The highest BCUT2D eigenvalue weighted by molar-refractivity contribution is 9.10. The van der Waals surface area contributed by atoms with Gasteiger partial charge in [0.05, 0.1) is 15.0 Å². The van der Waals surface area contributed by atoms with Crippen LogP contribution >= 0.6 is 51.3 Å². The topological polar surface area (TPSA) is 63.4 Å². The largest absolute Gasteiger partial charge is 0.393 e. The van der Waals surface area contributed by atoms with Crippen LogP contribution in [0.25, 0.3) is 0 Å². The Labute approximate surface area is 142 Å². The molecule has 0 saturated carbocycles. The van der Waals surface area contributed by atoms with Crippen LogP contribution in [0, 0.1) is 0 Å². The number of nitrogens with two attached hydrogens (primary N) is 1. The molecule has 0 aliphatic rings. The summed E-state index contributed by atoms with van der Waals surface area (Å²) in [5.41, 5.74) is 5.41. The van der Waals surface area contributed by atoms with E-state index in [1.165, 1.54) is 16.4 Å². The first-order valence-corrected chi connectivity index (χ1v) is 9.02. The second kappa shape index (κ2) is 7.38. The molecule has 4 nitrogen and oxygen atoms in total. The van der Waals surface area contributed by atoms with E-state index >= 15 is 0 Å². The predicted octanol–water partition coefficient (Wildman–Crippen LogP) is 3.44. The Morgan fingerprint density at radius 3 is 2.30 bits per heavy atom. The summed E-state index contributed by atoms with van der Waals surface area (Å²) in [7, 11) is -3.79. The van der Waals surface area contributed by atoms with Gasteiger partial charge in [-0.15, -0.1) is 0 Å². The van der Waals surface area contributed by atoms with Gasteiger partial charge in [0.1, 0.15) is 4.90 Å². The maximum Gasteiger partial charge on any atom is 0.246 e. The molecule has 1 aromatic carbocycles. The van der Waals surface area contributed by atoms with Crippen molar-refractivity contribution in [3.63, 3.8) is 0 Å². The van der Waals surface area contributed by atoms with Gasteiger partial charge in [-0.2, -0.15) is 4.31 Å². The summed E-state index contributed by atoms with van der Waals surface area (Å²) in [6.45, 7) is 2.18. The Kier molecular flexibility index (Phi) is 6.69. The van der Waals surface area contributed by atoms with E-state index in [-0.39, 0.29) is 33.0 Å². The van der Waals surface area contributed by atoms with Gasteiger partial charge >= 0.3 is 0 Å². The maximum atomic E-state index is 12.6. The Morgan fingerprint density at radius 2 is 1.90 bits per heavy atom. The molecule has 1 rings (SSSR count). The Bertz CT molecular complexity index is 600. The third kappa shape index (κ3) is 4.29. The first-order valence-electron chi connectivity index (χ1n) is 5.63. The number of hydrogen-bond acceptors (Lipinski definition) is 3. The monoisotopic (exact) mass is 418 g/mol. The lowest BCUT2D eigenvalue weighted by atomic mass is 10.4. The van der Waals surface area contributed by atoms with Crippen molar-refractivity contribution in [3.05, 3.63) is 26.7 Å². The zero-order valence-corrected chi connectivity index (χ0v) is 15.3. The highest BCUT2D eigenvalue weighted by Crippen LogP contribution is 2.34. The van der Waals surface area contributed by atoms with Crippen molar-refractivity contribution in [3.8, 4) is 0 Å². The molecule has 20 heavy (non-hydrogen) atoms. The highest BCUT2D eigenvalue weighted by atomic mass is 79.9. The summed E-state index contributed by atoms with van der Waals surface area (Å²) in [6, 6.07) is 2.98.